The van der Waals surface area contributed by atoms with E-state index in [1.807, 2.05) is 0 Å². The summed E-state index contributed by atoms with van der Waals surface area (Å²) in [4.78, 5) is 23.2. The van der Waals surface area contributed by atoms with Crippen LogP contribution in [0.4, 0.5) is 10.1 Å². The molecule has 7 heteroatoms. The van der Waals surface area contributed by atoms with Crippen molar-refractivity contribution in [2.24, 2.45) is 5.92 Å². The van der Waals surface area contributed by atoms with Crippen molar-refractivity contribution in [1.29, 1.82) is 0 Å². The second-order valence-electron chi connectivity index (χ2n) is 4.50. The summed E-state index contributed by atoms with van der Waals surface area (Å²) < 4.78 is 18.7. The minimum atomic E-state index is -1.42. The normalized spacial score (nSPS) is 21.7. The monoisotopic (exact) mass is 282 g/mol. The molecule has 2 unspecified atom stereocenters. The zero-order valence-corrected chi connectivity index (χ0v) is 10.9. The van der Waals surface area contributed by atoms with Gasteiger partial charge in [0, 0.05) is 6.04 Å². The Morgan fingerprint density at radius 3 is 2.80 bits per heavy atom. The van der Waals surface area contributed by atoms with Gasteiger partial charge >= 0.3 is 5.97 Å². The largest absolute Gasteiger partial charge is 0.478 e. The van der Waals surface area contributed by atoms with Gasteiger partial charge in [-0.3, -0.25) is 4.79 Å². The first-order chi connectivity index (χ1) is 9.54. The number of carbonyl (C=O) groups is 2. The van der Waals surface area contributed by atoms with Gasteiger partial charge in [0.2, 0.25) is 5.91 Å². The fraction of sp³-hybridized carbons (Fsp3) is 0.385. The van der Waals surface area contributed by atoms with E-state index in [0.717, 1.165) is 6.07 Å². The van der Waals surface area contributed by atoms with E-state index in [4.69, 9.17) is 9.84 Å². The molecular weight excluding hydrogens is 267 g/mol. The van der Waals surface area contributed by atoms with Crippen LogP contribution < -0.4 is 10.6 Å². The molecule has 6 nitrogen and oxygen atoms in total. The Hall–Kier alpha value is -1.99. The Kier molecular flexibility index (Phi) is 4.31. The fourth-order valence-electron chi connectivity index (χ4n) is 2.17. The van der Waals surface area contributed by atoms with Gasteiger partial charge in [-0.1, -0.05) is 6.07 Å². The number of anilines is 1. The van der Waals surface area contributed by atoms with Crippen molar-refractivity contribution in [2.45, 2.75) is 6.04 Å². The summed E-state index contributed by atoms with van der Waals surface area (Å²) >= 11 is 0. The number of hydrogen-bond donors (Lipinski definition) is 3. The van der Waals surface area contributed by atoms with Gasteiger partial charge in [0.25, 0.3) is 0 Å². The summed E-state index contributed by atoms with van der Waals surface area (Å²) in [7, 11) is 1.71. The predicted molar refractivity (Wildman–Crippen MR) is 69.1 cm³/mol. The van der Waals surface area contributed by atoms with Crippen molar-refractivity contribution >= 4 is 17.6 Å². The maximum Gasteiger partial charge on any atom is 0.340 e. The van der Waals surface area contributed by atoms with Crippen LogP contribution >= 0.6 is 0 Å². The van der Waals surface area contributed by atoms with Crippen LogP contribution in [0.5, 0.6) is 0 Å². The lowest BCUT2D eigenvalue weighted by Gasteiger charge is -2.17. The smallest absolute Gasteiger partial charge is 0.340 e. The van der Waals surface area contributed by atoms with Crippen LogP contribution in [-0.2, 0) is 9.53 Å². The summed E-state index contributed by atoms with van der Waals surface area (Å²) in [6.45, 7) is 0.651. The Balaban J connectivity index is 2.20. The average Bonchev–Trinajstić information content (AvgIpc) is 2.86. The molecule has 108 valence electrons. The number of benzene rings is 1. The third-order valence-corrected chi connectivity index (χ3v) is 3.27. The fourth-order valence-corrected chi connectivity index (χ4v) is 2.17. The van der Waals surface area contributed by atoms with Gasteiger partial charge < -0.3 is 20.5 Å². The van der Waals surface area contributed by atoms with Gasteiger partial charge in [-0.25, -0.2) is 9.18 Å². The van der Waals surface area contributed by atoms with Gasteiger partial charge in [-0.15, -0.1) is 0 Å². The highest BCUT2D eigenvalue weighted by Gasteiger charge is 2.33. The van der Waals surface area contributed by atoms with E-state index in [9.17, 15) is 14.0 Å². The average molecular weight is 282 g/mol. The number of carboxylic acid groups (broad SMARTS) is 1. The summed E-state index contributed by atoms with van der Waals surface area (Å²) in [5.74, 6) is -3.14. The Bertz CT molecular complexity index is 535. The number of carbonyl (C=O) groups excluding carboxylic acids is 1. The summed E-state index contributed by atoms with van der Waals surface area (Å²) in [6, 6.07) is 3.60. The van der Waals surface area contributed by atoms with Gasteiger partial charge in [0.1, 0.15) is 11.4 Å². The van der Waals surface area contributed by atoms with E-state index >= 15 is 0 Å². The molecule has 1 aliphatic rings. The molecule has 0 aromatic heterocycles. The number of amides is 1. The van der Waals surface area contributed by atoms with Crippen LogP contribution in [0.1, 0.15) is 10.4 Å². The zero-order valence-electron chi connectivity index (χ0n) is 10.9. The maximum absolute atomic E-state index is 13.5. The SMILES string of the molecule is CNC1COCC1C(=O)Nc1cccc(F)c1C(=O)O. The van der Waals surface area contributed by atoms with E-state index < -0.39 is 29.2 Å². The Morgan fingerprint density at radius 1 is 1.40 bits per heavy atom. The van der Waals surface area contributed by atoms with Crippen molar-refractivity contribution in [2.75, 3.05) is 25.6 Å². The van der Waals surface area contributed by atoms with Gasteiger partial charge in [-0.2, -0.15) is 0 Å². The molecule has 20 heavy (non-hydrogen) atoms. The Labute approximate surface area is 114 Å². The number of halogens is 1. The predicted octanol–water partition coefficient (Wildman–Crippen LogP) is 0.697. The molecule has 0 radical (unpaired) electrons. The minimum absolute atomic E-state index is 0.0516. The summed E-state index contributed by atoms with van der Waals surface area (Å²) in [5.41, 5.74) is -0.593. The molecule has 1 aliphatic heterocycles. The lowest BCUT2D eigenvalue weighted by Crippen LogP contribution is -2.39. The molecule has 1 amide bonds. The lowest BCUT2D eigenvalue weighted by atomic mass is 10.0. The first-order valence-corrected chi connectivity index (χ1v) is 6.12. The van der Waals surface area contributed by atoms with Gasteiger partial charge in [0.05, 0.1) is 24.8 Å². The molecule has 1 heterocycles. The number of ether oxygens (including phenoxy) is 1. The molecule has 1 saturated heterocycles. The second kappa shape index (κ2) is 5.98. The number of aromatic carboxylic acids is 1. The second-order valence-corrected chi connectivity index (χ2v) is 4.50. The highest BCUT2D eigenvalue weighted by Crippen LogP contribution is 2.21. The molecule has 1 fully saturated rings. The zero-order chi connectivity index (χ0) is 14.7. The number of carboxylic acids is 1. The molecule has 2 atom stereocenters. The molecule has 2 rings (SSSR count). The van der Waals surface area contributed by atoms with Crippen LogP contribution in [0.2, 0.25) is 0 Å². The minimum Gasteiger partial charge on any atom is -0.478 e. The molecule has 0 spiro atoms. The third kappa shape index (κ3) is 2.78. The van der Waals surface area contributed by atoms with Crippen LogP contribution in [0.15, 0.2) is 18.2 Å². The molecule has 0 bridgehead atoms. The topological polar surface area (TPSA) is 87.7 Å². The van der Waals surface area contributed by atoms with Crippen LogP contribution in [0.25, 0.3) is 0 Å². The summed E-state index contributed by atoms with van der Waals surface area (Å²) in [6.07, 6.45) is 0. The van der Waals surface area contributed by atoms with Crippen molar-refractivity contribution in [1.82, 2.24) is 5.32 Å². The van der Waals surface area contributed by atoms with Crippen molar-refractivity contribution in [3.05, 3.63) is 29.6 Å². The standard InChI is InChI=1S/C13H15FN2O4/c1-15-10-6-20-5-7(10)12(17)16-9-4-2-3-8(14)11(9)13(18)19/h2-4,7,10,15H,5-6H2,1H3,(H,16,17)(H,18,19). The number of nitrogens with one attached hydrogen (secondary N) is 2. The first kappa shape index (κ1) is 14.4. The van der Waals surface area contributed by atoms with E-state index in [2.05, 4.69) is 10.6 Å². The quantitative estimate of drug-likeness (QED) is 0.756. The number of rotatable bonds is 4. The van der Waals surface area contributed by atoms with Gasteiger partial charge in [-0.05, 0) is 19.2 Å². The van der Waals surface area contributed by atoms with Crippen LogP contribution in [0.3, 0.4) is 0 Å². The van der Waals surface area contributed by atoms with E-state index in [1.165, 1.54) is 12.1 Å². The van der Waals surface area contributed by atoms with Crippen molar-refractivity contribution in [3.63, 3.8) is 0 Å². The lowest BCUT2D eigenvalue weighted by molar-refractivity contribution is -0.120. The summed E-state index contributed by atoms with van der Waals surface area (Å²) in [5, 5.41) is 14.4. The van der Waals surface area contributed by atoms with Crippen molar-refractivity contribution in [3.8, 4) is 0 Å². The Morgan fingerprint density at radius 2 is 2.15 bits per heavy atom. The van der Waals surface area contributed by atoms with E-state index in [0.29, 0.717) is 6.61 Å². The van der Waals surface area contributed by atoms with E-state index in [-0.39, 0.29) is 18.3 Å². The first-order valence-electron chi connectivity index (χ1n) is 6.12. The van der Waals surface area contributed by atoms with E-state index in [1.54, 1.807) is 7.05 Å². The van der Waals surface area contributed by atoms with Gasteiger partial charge in [0.15, 0.2) is 0 Å². The number of likely N-dealkylation sites (N-methyl/N-ethyl adjacent to an activating group) is 1. The van der Waals surface area contributed by atoms with Crippen LogP contribution in [-0.4, -0.2) is 43.3 Å². The molecule has 0 saturated carbocycles. The number of hydrogen-bond acceptors (Lipinski definition) is 4. The molecule has 3 N–H and O–H groups in total. The van der Waals surface area contributed by atoms with Crippen LogP contribution in [0, 0.1) is 11.7 Å². The molecular formula is C13H15FN2O4. The van der Waals surface area contributed by atoms with Crippen molar-refractivity contribution < 1.29 is 23.8 Å². The maximum atomic E-state index is 13.5. The molecule has 1 aromatic carbocycles. The molecule has 1 aromatic rings. The third-order valence-electron chi connectivity index (χ3n) is 3.27. The molecule has 0 aliphatic carbocycles. The highest BCUT2D eigenvalue weighted by atomic mass is 19.1. The highest BCUT2D eigenvalue weighted by molar-refractivity contribution is 6.01.